The summed E-state index contributed by atoms with van der Waals surface area (Å²) in [5.74, 6) is 0.697. The topological polar surface area (TPSA) is 73.9 Å². The van der Waals surface area contributed by atoms with E-state index < -0.39 is 0 Å². The summed E-state index contributed by atoms with van der Waals surface area (Å²) < 4.78 is 5.15. The van der Waals surface area contributed by atoms with Crippen LogP contribution in [0.25, 0.3) is 0 Å². The molecule has 3 aromatic rings. The fraction of sp³-hybridized carbons (Fsp3) is 0.259. The van der Waals surface area contributed by atoms with Crippen LogP contribution in [-0.2, 0) is 17.8 Å². The third-order valence-electron chi connectivity index (χ3n) is 5.99. The maximum atomic E-state index is 12.5. The lowest BCUT2D eigenvalue weighted by molar-refractivity contribution is -0.115. The molecule has 3 amide bonds. The van der Waals surface area contributed by atoms with Gasteiger partial charge in [-0.2, -0.15) is 0 Å². The number of carbonyl (C=O) groups is 2. The minimum absolute atomic E-state index is 0.0701. The smallest absolute Gasteiger partial charge is 0.317 e. The van der Waals surface area contributed by atoms with Gasteiger partial charge in [0.05, 0.1) is 13.5 Å². The lowest BCUT2D eigenvalue weighted by Gasteiger charge is -2.36. The Balaban J connectivity index is 1.23. The first-order valence-electron chi connectivity index (χ1n) is 11.6. The third-order valence-corrected chi connectivity index (χ3v) is 6.36. The number of hydrogen-bond donors (Lipinski definition) is 2. The number of urea groups is 1. The maximum Gasteiger partial charge on any atom is 0.317 e. The number of hydrogen-bond acceptors (Lipinski definition) is 4. The second-order valence-electron chi connectivity index (χ2n) is 8.34. The predicted molar refractivity (Wildman–Crippen MR) is 139 cm³/mol. The van der Waals surface area contributed by atoms with Crippen molar-refractivity contribution in [2.45, 2.75) is 13.0 Å². The maximum absolute atomic E-state index is 12.5. The number of carbonyl (C=O) groups excluding carboxylic acids is 2. The van der Waals surface area contributed by atoms with Crippen molar-refractivity contribution in [2.75, 3.05) is 43.5 Å². The van der Waals surface area contributed by atoms with Gasteiger partial charge in [-0.3, -0.25) is 4.79 Å². The molecular formula is C27H29ClN4O3. The highest BCUT2D eigenvalue weighted by molar-refractivity contribution is 6.31. The van der Waals surface area contributed by atoms with Gasteiger partial charge in [-0.1, -0.05) is 41.9 Å². The number of ether oxygens (including phenoxy) is 1. The van der Waals surface area contributed by atoms with Crippen molar-refractivity contribution in [3.05, 3.63) is 88.9 Å². The zero-order valence-corrected chi connectivity index (χ0v) is 20.4. The van der Waals surface area contributed by atoms with Crippen LogP contribution in [0.4, 0.5) is 16.2 Å². The van der Waals surface area contributed by atoms with Crippen LogP contribution in [0.1, 0.15) is 11.1 Å². The molecule has 1 aliphatic heterocycles. The summed E-state index contributed by atoms with van der Waals surface area (Å²) in [6, 6.07) is 22.7. The highest BCUT2D eigenvalue weighted by atomic mass is 35.5. The van der Waals surface area contributed by atoms with E-state index >= 15 is 0 Å². The Morgan fingerprint density at radius 3 is 2.26 bits per heavy atom. The summed E-state index contributed by atoms with van der Waals surface area (Å²) in [7, 11) is 1.62. The first kappa shape index (κ1) is 24.4. The van der Waals surface area contributed by atoms with Gasteiger partial charge in [0.1, 0.15) is 5.75 Å². The molecule has 0 radical (unpaired) electrons. The Labute approximate surface area is 210 Å². The van der Waals surface area contributed by atoms with Crippen LogP contribution in [0.2, 0.25) is 5.02 Å². The number of methoxy groups -OCH3 is 1. The Morgan fingerprint density at radius 2 is 1.60 bits per heavy atom. The van der Waals surface area contributed by atoms with Crippen LogP contribution < -0.4 is 20.3 Å². The first-order valence-corrected chi connectivity index (χ1v) is 11.9. The van der Waals surface area contributed by atoms with Gasteiger partial charge in [-0.25, -0.2) is 4.79 Å². The molecule has 0 bridgehead atoms. The second kappa shape index (κ2) is 11.6. The number of amides is 3. The van der Waals surface area contributed by atoms with Gasteiger partial charge in [0.25, 0.3) is 0 Å². The highest BCUT2D eigenvalue weighted by Gasteiger charge is 2.21. The van der Waals surface area contributed by atoms with Crippen molar-refractivity contribution >= 4 is 34.9 Å². The van der Waals surface area contributed by atoms with Crippen LogP contribution in [0.15, 0.2) is 72.8 Å². The molecule has 1 heterocycles. The van der Waals surface area contributed by atoms with E-state index in [1.807, 2.05) is 77.7 Å². The molecule has 182 valence electrons. The molecule has 0 saturated carbocycles. The van der Waals surface area contributed by atoms with Crippen molar-refractivity contribution in [2.24, 2.45) is 0 Å². The predicted octanol–water partition coefficient (Wildman–Crippen LogP) is 4.56. The summed E-state index contributed by atoms with van der Waals surface area (Å²) in [6.07, 6.45) is 0.298. The molecule has 2 N–H and O–H groups in total. The molecule has 0 aliphatic carbocycles. The van der Waals surface area contributed by atoms with Gasteiger partial charge in [0, 0.05) is 49.1 Å². The molecular weight excluding hydrogens is 464 g/mol. The summed E-state index contributed by atoms with van der Waals surface area (Å²) in [6.45, 7) is 3.15. The fourth-order valence-electron chi connectivity index (χ4n) is 3.98. The molecule has 3 aromatic carbocycles. The summed E-state index contributed by atoms with van der Waals surface area (Å²) in [5, 5.41) is 6.54. The number of nitrogens with zero attached hydrogens (tertiary/aromatic N) is 2. The number of piperazine rings is 1. The van der Waals surface area contributed by atoms with E-state index in [0.29, 0.717) is 31.1 Å². The zero-order valence-electron chi connectivity index (χ0n) is 19.7. The minimum Gasteiger partial charge on any atom is -0.497 e. The number of rotatable bonds is 7. The number of halogens is 1. The van der Waals surface area contributed by atoms with E-state index in [-0.39, 0.29) is 11.9 Å². The molecule has 0 unspecified atom stereocenters. The van der Waals surface area contributed by atoms with Crippen LogP contribution in [0, 0.1) is 0 Å². The van der Waals surface area contributed by atoms with Crippen molar-refractivity contribution in [1.82, 2.24) is 10.2 Å². The Hall–Kier alpha value is -3.71. The SMILES string of the molecule is COc1ccc(CC(=O)Nc2ccc(N3CCN(C(=O)NCc4ccccc4Cl)CC3)cc2)cc1. The van der Waals surface area contributed by atoms with E-state index in [1.165, 1.54) is 0 Å². The molecule has 1 saturated heterocycles. The third kappa shape index (κ3) is 6.67. The molecule has 1 aliphatic rings. The quantitative estimate of drug-likeness (QED) is 0.507. The second-order valence-corrected chi connectivity index (χ2v) is 8.75. The number of benzene rings is 3. The first-order chi connectivity index (χ1) is 17.0. The van der Waals surface area contributed by atoms with Crippen LogP contribution >= 0.6 is 11.6 Å². The average Bonchev–Trinajstić information content (AvgIpc) is 2.89. The monoisotopic (exact) mass is 492 g/mol. The molecule has 35 heavy (non-hydrogen) atoms. The van der Waals surface area contributed by atoms with Crippen molar-refractivity contribution in [3.8, 4) is 5.75 Å². The summed E-state index contributed by atoms with van der Waals surface area (Å²) in [5.41, 5.74) is 3.64. The van der Waals surface area contributed by atoms with E-state index in [9.17, 15) is 9.59 Å². The zero-order chi connectivity index (χ0) is 24.6. The summed E-state index contributed by atoms with van der Waals surface area (Å²) in [4.78, 5) is 29.0. The van der Waals surface area contributed by atoms with Gasteiger partial charge in [-0.05, 0) is 53.6 Å². The Morgan fingerprint density at radius 1 is 0.914 bits per heavy atom. The molecule has 1 fully saturated rings. The van der Waals surface area contributed by atoms with Gasteiger partial charge in [-0.15, -0.1) is 0 Å². The van der Waals surface area contributed by atoms with Gasteiger partial charge in [0.15, 0.2) is 0 Å². The van der Waals surface area contributed by atoms with Gasteiger partial charge in [0.2, 0.25) is 5.91 Å². The van der Waals surface area contributed by atoms with E-state index in [4.69, 9.17) is 16.3 Å². The van der Waals surface area contributed by atoms with Crippen molar-refractivity contribution in [3.63, 3.8) is 0 Å². The molecule has 8 heteroatoms. The average molecular weight is 493 g/mol. The molecule has 0 atom stereocenters. The highest BCUT2D eigenvalue weighted by Crippen LogP contribution is 2.20. The fourth-order valence-corrected chi connectivity index (χ4v) is 4.18. The Kier molecular flexibility index (Phi) is 8.11. The van der Waals surface area contributed by atoms with Gasteiger partial charge >= 0.3 is 6.03 Å². The minimum atomic E-state index is -0.0838. The molecule has 7 nitrogen and oxygen atoms in total. The van der Waals surface area contributed by atoms with Crippen molar-refractivity contribution in [1.29, 1.82) is 0 Å². The van der Waals surface area contributed by atoms with Crippen molar-refractivity contribution < 1.29 is 14.3 Å². The van der Waals surface area contributed by atoms with E-state index in [2.05, 4.69) is 15.5 Å². The van der Waals surface area contributed by atoms with Crippen LogP contribution in [0.3, 0.4) is 0 Å². The van der Waals surface area contributed by atoms with Gasteiger partial charge < -0.3 is 25.2 Å². The lowest BCUT2D eigenvalue weighted by atomic mass is 10.1. The largest absolute Gasteiger partial charge is 0.497 e. The molecule has 0 aromatic heterocycles. The van der Waals surface area contributed by atoms with Crippen LogP contribution in [0.5, 0.6) is 5.75 Å². The lowest BCUT2D eigenvalue weighted by Crippen LogP contribution is -2.51. The number of anilines is 2. The standard InChI is InChI=1S/C27H29ClN4O3/c1-35-24-12-6-20(7-13-24)18-26(33)30-22-8-10-23(11-9-22)31-14-16-32(17-15-31)27(34)29-19-21-4-2-3-5-25(21)28/h2-13H,14-19H2,1H3,(H,29,34)(H,30,33). The molecule has 4 rings (SSSR count). The van der Waals surface area contributed by atoms with E-state index in [0.717, 1.165) is 41.3 Å². The Bertz CT molecular complexity index is 1140. The number of nitrogens with one attached hydrogen (secondary N) is 2. The van der Waals surface area contributed by atoms with Crippen LogP contribution in [-0.4, -0.2) is 50.1 Å². The summed E-state index contributed by atoms with van der Waals surface area (Å²) >= 11 is 6.17. The normalized spacial score (nSPS) is 13.3. The molecule has 0 spiro atoms. The van der Waals surface area contributed by atoms with E-state index in [1.54, 1.807) is 7.11 Å².